The maximum Gasteiger partial charge on any atom is 0.306 e. The molecule has 0 saturated carbocycles. The van der Waals surface area contributed by atoms with Gasteiger partial charge in [0.15, 0.2) is 6.10 Å². The number of rotatable bonds is 66. The van der Waals surface area contributed by atoms with Crippen molar-refractivity contribution in [1.82, 2.24) is 0 Å². The zero-order valence-electron chi connectivity index (χ0n) is 53.9. The lowest BCUT2D eigenvalue weighted by atomic mass is 10.0. The average molecular weight is 1120 g/mol. The van der Waals surface area contributed by atoms with Crippen molar-refractivity contribution < 1.29 is 28.6 Å². The fourth-order valence-electron chi connectivity index (χ4n) is 10.8. The largest absolute Gasteiger partial charge is 0.462 e. The Labute approximate surface area is 498 Å². The van der Waals surface area contributed by atoms with Crippen molar-refractivity contribution in [1.29, 1.82) is 0 Å². The van der Waals surface area contributed by atoms with E-state index in [9.17, 15) is 14.4 Å². The number of carbonyl (C=O) groups is 3. The summed E-state index contributed by atoms with van der Waals surface area (Å²) in [6.07, 6.45) is 87.1. The highest BCUT2D eigenvalue weighted by atomic mass is 16.6. The number of allylic oxidation sites excluding steroid dienone is 8. The molecule has 0 aromatic heterocycles. The van der Waals surface area contributed by atoms with Gasteiger partial charge in [0, 0.05) is 19.3 Å². The number of unbranched alkanes of at least 4 members (excludes halogenated alkanes) is 47. The first-order valence-corrected chi connectivity index (χ1v) is 35.6. The third-order valence-electron chi connectivity index (χ3n) is 16.1. The Kier molecular flexibility index (Phi) is 66.6. The average Bonchev–Trinajstić information content (AvgIpc) is 3.46. The Morgan fingerprint density at radius 2 is 0.487 bits per heavy atom. The second-order valence-corrected chi connectivity index (χ2v) is 24.1. The Balaban J connectivity index is 4.16. The molecule has 0 radical (unpaired) electrons. The highest BCUT2D eigenvalue weighted by molar-refractivity contribution is 5.71. The van der Waals surface area contributed by atoms with Crippen LogP contribution in [0.15, 0.2) is 48.6 Å². The van der Waals surface area contributed by atoms with Gasteiger partial charge in [-0.25, -0.2) is 0 Å². The van der Waals surface area contributed by atoms with Crippen LogP contribution in [0.4, 0.5) is 0 Å². The van der Waals surface area contributed by atoms with Gasteiger partial charge >= 0.3 is 17.9 Å². The van der Waals surface area contributed by atoms with Gasteiger partial charge in [-0.05, 0) is 57.8 Å². The summed E-state index contributed by atoms with van der Waals surface area (Å²) in [5, 5.41) is 0. The van der Waals surface area contributed by atoms with Crippen LogP contribution in [0, 0.1) is 0 Å². The molecule has 0 heterocycles. The maximum atomic E-state index is 12.9. The summed E-state index contributed by atoms with van der Waals surface area (Å²) >= 11 is 0. The molecule has 0 saturated heterocycles. The van der Waals surface area contributed by atoms with E-state index < -0.39 is 6.10 Å². The fourth-order valence-corrected chi connectivity index (χ4v) is 10.8. The van der Waals surface area contributed by atoms with E-state index in [1.165, 1.54) is 263 Å². The lowest BCUT2D eigenvalue weighted by molar-refractivity contribution is -0.167. The van der Waals surface area contributed by atoms with Gasteiger partial charge in [0.2, 0.25) is 0 Å². The molecule has 0 fully saturated rings. The highest BCUT2D eigenvalue weighted by Gasteiger charge is 2.19. The second-order valence-electron chi connectivity index (χ2n) is 24.1. The minimum Gasteiger partial charge on any atom is -0.462 e. The summed E-state index contributed by atoms with van der Waals surface area (Å²) in [5.74, 6) is -0.832. The van der Waals surface area contributed by atoms with Crippen LogP contribution in [0.3, 0.4) is 0 Å². The molecule has 1 unspecified atom stereocenters. The predicted molar refractivity (Wildman–Crippen MR) is 349 cm³/mol. The van der Waals surface area contributed by atoms with Crippen LogP contribution in [0.2, 0.25) is 0 Å². The Morgan fingerprint density at radius 1 is 0.263 bits per heavy atom. The van der Waals surface area contributed by atoms with Crippen molar-refractivity contribution in [3.8, 4) is 0 Å². The van der Waals surface area contributed by atoms with Crippen molar-refractivity contribution in [2.24, 2.45) is 0 Å². The molecule has 0 aromatic rings. The molecule has 0 amide bonds. The van der Waals surface area contributed by atoms with E-state index in [0.717, 1.165) is 83.5 Å². The van der Waals surface area contributed by atoms with Crippen LogP contribution in [0.5, 0.6) is 0 Å². The number of esters is 3. The van der Waals surface area contributed by atoms with Crippen LogP contribution in [-0.4, -0.2) is 37.2 Å². The predicted octanol–water partition coefficient (Wildman–Crippen LogP) is 24.5. The van der Waals surface area contributed by atoms with Gasteiger partial charge in [-0.2, -0.15) is 0 Å². The van der Waals surface area contributed by atoms with Crippen LogP contribution < -0.4 is 0 Å². The van der Waals surface area contributed by atoms with E-state index in [1.54, 1.807) is 0 Å². The molecule has 0 spiro atoms. The van der Waals surface area contributed by atoms with Gasteiger partial charge in [0.05, 0.1) is 0 Å². The highest BCUT2D eigenvalue weighted by Crippen LogP contribution is 2.19. The van der Waals surface area contributed by atoms with Crippen LogP contribution in [0.1, 0.15) is 387 Å². The topological polar surface area (TPSA) is 78.9 Å². The molecule has 0 N–H and O–H groups in total. The second kappa shape index (κ2) is 68.9. The van der Waals surface area contributed by atoms with Gasteiger partial charge in [0.1, 0.15) is 13.2 Å². The van der Waals surface area contributed by atoms with E-state index in [-0.39, 0.29) is 31.1 Å². The first-order valence-electron chi connectivity index (χ1n) is 35.6. The molecular weight excluding hydrogens is 985 g/mol. The van der Waals surface area contributed by atoms with Gasteiger partial charge in [-0.3, -0.25) is 14.4 Å². The summed E-state index contributed by atoms with van der Waals surface area (Å²) in [5.41, 5.74) is 0. The molecule has 0 bridgehead atoms. The summed E-state index contributed by atoms with van der Waals surface area (Å²) in [6.45, 7) is 6.60. The molecule has 1 atom stereocenters. The number of hydrogen-bond donors (Lipinski definition) is 0. The van der Waals surface area contributed by atoms with Crippen molar-refractivity contribution in [3.05, 3.63) is 48.6 Å². The maximum absolute atomic E-state index is 12.9. The third-order valence-corrected chi connectivity index (χ3v) is 16.1. The van der Waals surface area contributed by atoms with Crippen molar-refractivity contribution >= 4 is 17.9 Å². The quantitative estimate of drug-likeness (QED) is 0.0261. The van der Waals surface area contributed by atoms with E-state index in [1.807, 2.05) is 0 Å². The standard InChI is InChI=1S/C74H136O6/c1-4-7-10-13-16-19-22-25-28-30-31-32-33-34-35-36-37-38-39-40-41-42-43-44-47-49-52-55-58-61-64-67-73(76)79-70-71(69-78-72(75)66-63-60-57-54-51-48-45-27-24-21-18-15-12-9-6-3)80-74(77)68-65-62-59-56-53-50-46-29-26-23-20-17-14-11-8-5-2/h7,10,16,19,25,28,31-32,71H,4-6,8-9,11-15,17-18,20-24,26-27,29-30,33-70H2,1-3H3/b10-7-,19-16-,28-25-,32-31-. The fraction of sp³-hybridized carbons (Fsp3) is 0.851. The summed E-state index contributed by atoms with van der Waals surface area (Å²) < 4.78 is 17.0. The lowest BCUT2D eigenvalue weighted by Gasteiger charge is -2.18. The van der Waals surface area contributed by atoms with Crippen LogP contribution >= 0.6 is 0 Å². The van der Waals surface area contributed by atoms with Gasteiger partial charge in [-0.15, -0.1) is 0 Å². The Bertz CT molecular complexity index is 1380. The lowest BCUT2D eigenvalue weighted by Crippen LogP contribution is -2.30. The number of ether oxygens (including phenoxy) is 3. The summed E-state index contributed by atoms with van der Waals surface area (Å²) in [6, 6.07) is 0. The van der Waals surface area contributed by atoms with E-state index in [4.69, 9.17) is 14.2 Å². The smallest absolute Gasteiger partial charge is 0.306 e. The van der Waals surface area contributed by atoms with Crippen LogP contribution in [-0.2, 0) is 28.6 Å². The zero-order valence-corrected chi connectivity index (χ0v) is 53.9. The molecule has 468 valence electrons. The van der Waals surface area contributed by atoms with E-state index >= 15 is 0 Å². The first kappa shape index (κ1) is 77.4. The van der Waals surface area contributed by atoms with Gasteiger partial charge in [-0.1, -0.05) is 358 Å². The molecule has 0 rings (SSSR count). The van der Waals surface area contributed by atoms with Crippen molar-refractivity contribution in [3.63, 3.8) is 0 Å². The summed E-state index contributed by atoms with van der Waals surface area (Å²) in [7, 11) is 0. The number of hydrogen-bond acceptors (Lipinski definition) is 6. The SMILES string of the molecule is CC/C=C\C/C=C\C/C=C\C/C=C\CCCCCCCCCCCCCCCCCCCCC(=O)OCC(COC(=O)CCCCCCCCCCCCCCCCC)OC(=O)CCCCCCCCCCCCCCCCCC. The van der Waals surface area contributed by atoms with Gasteiger partial charge in [0.25, 0.3) is 0 Å². The monoisotopic (exact) mass is 1120 g/mol. The molecule has 6 heteroatoms. The molecule has 0 aliphatic rings. The van der Waals surface area contributed by atoms with Gasteiger partial charge < -0.3 is 14.2 Å². The molecule has 0 aliphatic carbocycles. The number of carbonyl (C=O) groups excluding carboxylic acids is 3. The molecule has 0 aromatic carbocycles. The van der Waals surface area contributed by atoms with Crippen molar-refractivity contribution in [2.45, 2.75) is 393 Å². The Morgan fingerprint density at radius 3 is 0.762 bits per heavy atom. The third kappa shape index (κ3) is 66.2. The zero-order chi connectivity index (χ0) is 57.8. The van der Waals surface area contributed by atoms with E-state index in [2.05, 4.69) is 69.4 Å². The minimum absolute atomic E-state index is 0.0646. The molecular formula is C74H136O6. The first-order chi connectivity index (χ1) is 39.5. The van der Waals surface area contributed by atoms with E-state index in [0.29, 0.717) is 19.3 Å². The summed E-state index contributed by atoms with van der Waals surface area (Å²) in [4.78, 5) is 38.4. The minimum atomic E-state index is -0.768. The normalized spacial score (nSPS) is 12.3. The molecule has 0 aliphatic heterocycles. The molecule has 80 heavy (non-hydrogen) atoms. The van der Waals surface area contributed by atoms with Crippen LogP contribution in [0.25, 0.3) is 0 Å². The van der Waals surface area contributed by atoms with Crippen molar-refractivity contribution in [2.75, 3.05) is 13.2 Å². The molecule has 6 nitrogen and oxygen atoms in total. The Hall–Kier alpha value is -2.63.